The Kier molecular flexibility index (Phi) is 4.40. The Balaban J connectivity index is 1.66. The molecule has 0 saturated carbocycles. The summed E-state index contributed by atoms with van der Waals surface area (Å²) in [5, 5.41) is 29.1. The summed E-state index contributed by atoms with van der Waals surface area (Å²) < 4.78 is 27.4. The fraction of sp³-hybridized carbons (Fsp3) is 0.200. The molecular formula is C20H17F2N3O2S. The van der Waals surface area contributed by atoms with Gasteiger partial charge in [-0.3, -0.25) is 0 Å². The molecule has 2 heterocycles. The third-order valence-corrected chi connectivity index (χ3v) is 5.70. The molecule has 0 saturated heterocycles. The van der Waals surface area contributed by atoms with Gasteiger partial charge in [-0.05, 0) is 25.1 Å². The number of hydrogen-bond acceptors (Lipinski definition) is 6. The normalized spacial score (nSPS) is 19.0. The number of fused-ring (bicyclic) bond motifs is 1. The molecule has 1 unspecified atom stereocenters. The molecule has 1 aromatic heterocycles. The molecule has 28 heavy (non-hydrogen) atoms. The van der Waals surface area contributed by atoms with E-state index in [1.54, 1.807) is 6.92 Å². The first-order valence-corrected chi connectivity index (χ1v) is 9.36. The zero-order valence-electron chi connectivity index (χ0n) is 15.0. The Morgan fingerprint density at radius 1 is 1.21 bits per heavy atom. The van der Waals surface area contributed by atoms with Crippen molar-refractivity contribution in [1.82, 2.24) is 10.2 Å². The number of aromatic hydroxyl groups is 1. The average molecular weight is 401 g/mol. The highest BCUT2D eigenvalue weighted by molar-refractivity contribution is 7.14. The summed E-state index contributed by atoms with van der Waals surface area (Å²) in [4.78, 5) is 1.94. The second kappa shape index (κ2) is 6.65. The van der Waals surface area contributed by atoms with Gasteiger partial charge in [0.15, 0.2) is 22.4 Å². The molecule has 144 valence electrons. The first-order valence-electron chi connectivity index (χ1n) is 8.55. The van der Waals surface area contributed by atoms with E-state index in [-0.39, 0.29) is 10.6 Å². The number of para-hydroxylation sites is 1. The maximum absolute atomic E-state index is 14.2. The van der Waals surface area contributed by atoms with E-state index < -0.39 is 23.0 Å². The maximum Gasteiger partial charge on any atom is 0.188 e. The van der Waals surface area contributed by atoms with Crippen LogP contribution in [0, 0.1) is 11.6 Å². The molecule has 0 bridgehead atoms. The summed E-state index contributed by atoms with van der Waals surface area (Å²) in [5.41, 5.74) is 1.33. The van der Waals surface area contributed by atoms with E-state index in [4.69, 9.17) is 0 Å². The van der Waals surface area contributed by atoms with Gasteiger partial charge in [0.25, 0.3) is 0 Å². The minimum Gasteiger partial charge on any atom is -0.503 e. The monoisotopic (exact) mass is 401 g/mol. The van der Waals surface area contributed by atoms with E-state index in [9.17, 15) is 19.0 Å². The van der Waals surface area contributed by atoms with Gasteiger partial charge >= 0.3 is 0 Å². The Hall–Kier alpha value is -2.84. The summed E-state index contributed by atoms with van der Waals surface area (Å²) in [6.45, 7) is 6.17. The Bertz CT molecular complexity index is 1080. The van der Waals surface area contributed by atoms with E-state index in [2.05, 4.69) is 16.8 Å². The quantitative estimate of drug-likeness (QED) is 0.684. The zero-order valence-corrected chi connectivity index (χ0v) is 15.8. The molecule has 1 aliphatic rings. The maximum atomic E-state index is 14.2. The second-order valence-corrected chi connectivity index (χ2v) is 7.94. The van der Waals surface area contributed by atoms with Crippen LogP contribution in [-0.2, 0) is 12.1 Å². The molecule has 0 fully saturated rings. The Morgan fingerprint density at radius 3 is 2.75 bits per heavy atom. The van der Waals surface area contributed by atoms with Gasteiger partial charge in [0.05, 0.1) is 17.7 Å². The second-order valence-electron chi connectivity index (χ2n) is 6.88. The summed E-state index contributed by atoms with van der Waals surface area (Å²) in [5.74, 6) is -3.12. The number of rotatable bonds is 3. The van der Waals surface area contributed by atoms with E-state index in [0.29, 0.717) is 18.0 Å². The largest absolute Gasteiger partial charge is 0.503 e. The molecule has 0 spiro atoms. The predicted molar refractivity (Wildman–Crippen MR) is 103 cm³/mol. The van der Waals surface area contributed by atoms with Gasteiger partial charge in [0, 0.05) is 23.4 Å². The molecular weight excluding hydrogens is 384 g/mol. The van der Waals surface area contributed by atoms with Crippen LogP contribution in [0.1, 0.15) is 23.9 Å². The number of nitrogens with zero attached hydrogens (tertiary/aromatic N) is 3. The Labute approximate surface area is 164 Å². The van der Waals surface area contributed by atoms with Gasteiger partial charge in [0.2, 0.25) is 0 Å². The van der Waals surface area contributed by atoms with Crippen molar-refractivity contribution in [2.45, 2.75) is 25.5 Å². The number of phenolic OH excluding ortho intramolecular Hbond substituents is 1. The van der Waals surface area contributed by atoms with Gasteiger partial charge in [0.1, 0.15) is 5.01 Å². The average Bonchev–Trinajstić information content (AvgIpc) is 3.11. The zero-order chi connectivity index (χ0) is 20.1. The molecule has 4 rings (SSSR count). The number of anilines is 1. The van der Waals surface area contributed by atoms with E-state index >= 15 is 0 Å². The molecule has 3 aromatic rings. The molecule has 0 aliphatic carbocycles. The topological polar surface area (TPSA) is 69.5 Å². The van der Waals surface area contributed by atoms with Crippen molar-refractivity contribution < 1.29 is 19.0 Å². The van der Waals surface area contributed by atoms with Gasteiger partial charge in [-0.1, -0.05) is 36.1 Å². The highest BCUT2D eigenvalue weighted by Crippen LogP contribution is 2.43. The van der Waals surface area contributed by atoms with Crippen LogP contribution in [0.4, 0.5) is 14.5 Å². The number of halogens is 2. The molecule has 5 nitrogen and oxygen atoms in total. The van der Waals surface area contributed by atoms with Gasteiger partial charge in [-0.2, -0.15) is 0 Å². The first-order chi connectivity index (χ1) is 13.3. The first kappa shape index (κ1) is 18.5. The van der Waals surface area contributed by atoms with E-state index in [1.165, 1.54) is 6.07 Å². The van der Waals surface area contributed by atoms with Crippen LogP contribution in [0.25, 0.3) is 10.6 Å². The lowest BCUT2D eigenvalue weighted by Gasteiger charge is -2.40. The van der Waals surface area contributed by atoms with Crippen molar-refractivity contribution in [2.24, 2.45) is 0 Å². The summed E-state index contributed by atoms with van der Waals surface area (Å²) >= 11 is 1.14. The van der Waals surface area contributed by atoms with Gasteiger partial charge in [-0.25, -0.2) is 8.78 Å². The van der Waals surface area contributed by atoms with Crippen LogP contribution in [-0.4, -0.2) is 20.4 Å². The third kappa shape index (κ3) is 3.04. The smallest absolute Gasteiger partial charge is 0.188 e. The van der Waals surface area contributed by atoms with Crippen LogP contribution >= 0.6 is 11.3 Å². The third-order valence-electron chi connectivity index (χ3n) is 4.76. The molecule has 0 radical (unpaired) electrons. The van der Waals surface area contributed by atoms with Crippen LogP contribution in [0.3, 0.4) is 0 Å². The number of hydrogen-bond donors (Lipinski definition) is 2. The standard InChI is InChI=1S/C20H17F2N3O2S/c1-11-9-20(2,27)13-5-3-4-6-15(13)25(11)10-16-23-24-19(28-16)12-7-8-14(21)18(26)17(12)22/h3-8,26-27H,1,9-10H2,2H3. The van der Waals surface area contributed by atoms with Crippen LogP contribution in [0.5, 0.6) is 5.75 Å². The minimum atomic E-state index is -1.06. The summed E-state index contributed by atoms with van der Waals surface area (Å²) in [6, 6.07) is 9.72. The highest BCUT2D eigenvalue weighted by Gasteiger charge is 2.35. The van der Waals surface area contributed by atoms with Crippen molar-refractivity contribution in [3.05, 3.63) is 70.9 Å². The molecule has 8 heteroatoms. The molecule has 1 aliphatic heterocycles. The van der Waals surface area contributed by atoms with Crippen molar-refractivity contribution >= 4 is 17.0 Å². The van der Waals surface area contributed by atoms with Crippen LogP contribution < -0.4 is 4.90 Å². The van der Waals surface area contributed by atoms with Crippen molar-refractivity contribution in [2.75, 3.05) is 4.90 Å². The molecule has 0 amide bonds. The van der Waals surface area contributed by atoms with E-state index in [1.807, 2.05) is 29.2 Å². The lowest BCUT2D eigenvalue weighted by Crippen LogP contribution is -2.36. The lowest BCUT2D eigenvalue weighted by atomic mass is 9.85. The number of benzene rings is 2. The van der Waals surface area contributed by atoms with Crippen molar-refractivity contribution in [3.8, 4) is 16.3 Å². The number of aromatic nitrogens is 2. The molecule has 2 N–H and O–H groups in total. The SMILES string of the molecule is C=C1CC(C)(O)c2ccccc2N1Cc1nnc(-c2ccc(F)c(O)c2F)s1. The molecule has 1 atom stereocenters. The van der Waals surface area contributed by atoms with E-state index in [0.717, 1.165) is 34.4 Å². The van der Waals surface area contributed by atoms with Gasteiger partial charge < -0.3 is 15.1 Å². The number of aliphatic hydroxyl groups is 1. The van der Waals surface area contributed by atoms with Crippen LogP contribution in [0.2, 0.25) is 0 Å². The summed E-state index contributed by atoms with van der Waals surface area (Å²) in [7, 11) is 0. The minimum absolute atomic E-state index is 0.0107. The van der Waals surface area contributed by atoms with Crippen molar-refractivity contribution in [1.29, 1.82) is 0 Å². The predicted octanol–water partition coefficient (Wildman–Crippen LogP) is 4.32. The fourth-order valence-corrected chi connectivity index (χ4v) is 4.24. The van der Waals surface area contributed by atoms with Crippen molar-refractivity contribution in [3.63, 3.8) is 0 Å². The van der Waals surface area contributed by atoms with Crippen LogP contribution in [0.15, 0.2) is 48.7 Å². The lowest BCUT2D eigenvalue weighted by molar-refractivity contribution is 0.0538. The fourth-order valence-electron chi connectivity index (χ4n) is 3.39. The highest BCUT2D eigenvalue weighted by atomic mass is 32.1. The van der Waals surface area contributed by atoms with Gasteiger partial charge in [-0.15, -0.1) is 10.2 Å². The molecule has 2 aromatic carbocycles. The Morgan fingerprint density at radius 2 is 1.96 bits per heavy atom. The summed E-state index contributed by atoms with van der Waals surface area (Å²) in [6.07, 6.45) is 0.371. The number of phenols is 1.